The van der Waals surface area contributed by atoms with E-state index in [9.17, 15) is 4.79 Å². The van der Waals surface area contributed by atoms with Gasteiger partial charge >= 0.3 is 5.97 Å². The third-order valence-corrected chi connectivity index (χ3v) is 4.76. The lowest BCUT2D eigenvalue weighted by atomic mass is 9.77. The number of ether oxygens (including phenoxy) is 3. The average molecular weight is 363 g/mol. The van der Waals surface area contributed by atoms with E-state index >= 15 is 0 Å². The maximum absolute atomic E-state index is 11.8. The van der Waals surface area contributed by atoms with Crippen molar-refractivity contribution in [2.45, 2.75) is 85.2 Å². The number of hydrogen-bond donors (Lipinski definition) is 0. The molecule has 0 atom stereocenters. The summed E-state index contributed by atoms with van der Waals surface area (Å²) in [5.74, 6) is 1.29. The monoisotopic (exact) mass is 362 g/mol. The Labute approximate surface area is 158 Å². The van der Waals surface area contributed by atoms with Crippen molar-refractivity contribution in [3.8, 4) is 11.5 Å². The molecule has 0 radical (unpaired) electrons. The number of esters is 1. The quantitative estimate of drug-likeness (QED) is 0.556. The molecule has 1 saturated heterocycles. The number of benzene rings is 1. The lowest BCUT2D eigenvalue weighted by molar-refractivity contribution is -0.132. The first-order valence-electron chi connectivity index (χ1n) is 9.52. The Bertz CT molecular complexity index is 656. The van der Waals surface area contributed by atoms with Gasteiger partial charge in [-0.25, -0.2) is 0 Å². The molecule has 1 aromatic rings. The molecule has 0 N–H and O–H groups in total. The minimum absolute atomic E-state index is 0.169. The molecular weight excluding hydrogens is 328 g/mol. The maximum atomic E-state index is 11.8. The summed E-state index contributed by atoms with van der Waals surface area (Å²) in [6, 6.07) is 2.07. The van der Waals surface area contributed by atoms with Gasteiger partial charge in [0.2, 0.25) is 0 Å². The molecule has 0 spiro atoms. The van der Waals surface area contributed by atoms with Crippen LogP contribution in [-0.4, -0.2) is 25.3 Å². The summed E-state index contributed by atoms with van der Waals surface area (Å²) < 4.78 is 17.6. The van der Waals surface area contributed by atoms with E-state index in [1.54, 1.807) is 0 Å². The van der Waals surface area contributed by atoms with Crippen molar-refractivity contribution in [2.24, 2.45) is 0 Å². The predicted molar refractivity (Wildman–Crippen MR) is 104 cm³/mol. The van der Waals surface area contributed by atoms with Crippen LogP contribution in [0.5, 0.6) is 11.5 Å². The Hall–Kier alpha value is -1.55. The summed E-state index contributed by atoms with van der Waals surface area (Å²) in [7, 11) is 0. The number of carbonyl (C=O) groups is 1. The van der Waals surface area contributed by atoms with Crippen LogP contribution >= 0.6 is 0 Å². The zero-order chi connectivity index (χ0) is 19.7. The molecule has 1 fully saturated rings. The molecule has 0 bridgehead atoms. The Morgan fingerprint density at radius 1 is 1.08 bits per heavy atom. The minimum Gasteiger partial charge on any atom is -0.490 e. The second kappa shape index (κ2) is 7.59. The second-order valence-electron chi connectivity index (χ2n) is 9.27. The first-order chi connectivity index (χ1) is 11.9. The van der Waals surface area contributed by atoms with Crippen LogP contribution in [0.3, 0.4) is 0 Å². The van der Waals surface area contributed by atoms with E-state index in [0.29, 0.717) is 5.75 Å². The molecule has 4 heteroatoms. The summed E-state index contributed by atoms with van der Waals surface area (Å²) in [5.41, 5.74) is 2.75. The highest BCUT2D eigenvalue weighted by Gasteiger charge is 2.32. The van der Waals surface area contributed by atoms with Crippen molar-refractivity contribution in [2.75, 3.05) is 13.2 Å². The van der Waals surface area contributed by atoms with Gasteiger partial charge in [0.1, 0.15) is 17.6 Å². The van der Waals surface area contributed by atoms with Gasteiger partial charge < -0.3 is 14.2 Å². The molecule has 26 heavy (non-hydrogen) atoms. The third kappa shape index (κ3) is 4.79. The summed E-state index contributed by atoms with van der Waals surface area (Å²) >= 11 is 0. The third-order valence-electron chi connectivity index (χ3n) is 4.76. The van der Waals surface area contributed by atoms with Crippen molar-refractivity contribution in [1.82, 2.24) is 0 Å². The molecule has 1 aliphatic heterocycles. The van der Waals surface area contributed by atoms with Gasteiger partial charge in [-0.2, -0.15) is 0 Å². The molecule has 146 valence electrons. The molecule has 0 unspecified atom stereocenters. The van der Waals surface area contributed by atoms with Crippen LogP contribution in [0.15, 0.2) is 6.07 Å². The van der Waals surface area contributed by atoms with Gasteiger partial charge in [0.15, 0.2) is 0 Å². The summed E-state index contributed by atoms with van der Waals surface area (Å²) in [6.45, 7) is 17.9. The minimum atomic E-state index is -0.293. The lowest BCUT2D eigenvalue weighted by Gasteiger charge is -2.33. The summed E-state index contributed by atoms with van der Waals surface area (Å²) in [6.07, 6.45) is 1.98. The van der Waals surface area contributed by atoms with Crippen LogP contribution in [0, 0.1) is 6.92 Å². The fraction of sp³-hybridized carbons (Fsp3) is 0.682. The van der Waals surface area contributed by atoms with Crippen LogP contribution in [0.1, 0.15) is 78.0 Å². The molecule has 4 nitrogen and oxygen atoms in total. The highest BCUT2D eigenvalue weighted by molar-refractivity contribution is 5.72. The van der Waals surface area contributed by atoms with Crippen molar-refractivity contribution in [3.05, 3.63) is 22.8 Å². The van der Waals surface area contributed by atoms with Crippen LogP contribution in [0.25, 0.3) is 0 Å². The molecule has 0 amide bonds. The molecular formula is C22H34O4. The Kier molecular flexibility index (Phi) is 6.06. The van der Waals surface area contributed by atoms with Crippen molar-refractivity contribution in [3.63, 3.8) is 0 Å². The van der Waals surface area contributed by atoms with Gasteiger partial charge in [-0.15, -0.1) is 0 Å². The van der Waals surface area contributed by atoms with E-state index in [-0.39, 0.29) is 22.9 Å². The van der Waals surface area contributed by atoms with E-state index in [1.807, 2.05) is 0 Å². The topological polar surface area (TPSA) is 44.8 Å². The lowest BCUT2D eigenvalue weighted by Crippen LogP contribution is -2.28. The maximum Gasteiger partial charge on any atom is 0.308 e. The van der Waals surface area contributed by atoms with Crippen LogP contribution < -0.4 is 9.47 Å². The zero-order valence-electron chi connectivity index (χ0n) is 17.6. The average Bonchev–Trinajstić information content (AvgIpc) is 2.48. The van der Waals surface area contributed by atoms with Gasteiger partial charge in [0, 0.05) is 30.9 Å². The number of hydrogen-bond acceptors (Lipinski definition) is 4. The van der Waals surface area contributed by atoms with E-state index < -0.39 is 0 Å². The first kappa shape index (κ1) is 20.8. The van der Waals surface area contributed by atoms with Gasteiger partial charge in [-0.3, -0.25) is 4.79 Å². The first-order valence-corrected chi connectivity index (χ1v) is 9.52. The van der Waals surface area contributed by atoms with E-state index in [1.165, 1.54) is 6.92 Å². The van der Waals surface area contributed by atoms with Crippen LogP contribution in [-0.2, 0) is 20.4 Å². The SMILES string of the molecule is CC(=O)Oc1c(C(C)(C)C)cc(OC2CCOCC2)c(C)c1C(C)(C)C. The number of carbonyl (C=O) groups excluding carboxylic acids is 1. The predicted octanol–water partition coefficient (Wildman–Crippen LogP) is 5.07. The zero-order valence-corrected chi connectivity index (χ0v) is 17.6. The van der Waals surface area contributed by atoms with Gasteiger partial charge in [0.25, 0.3) is 0 Å². The van der Waals surface area contributed by atoms with Crippen LogP contribution in [0.4, 0.5) is 0 Å². The van der Waals surface area contributed by atoms with E-state index in [4.69, 9.17) is 14.2 Å². The Morgan fingerprint density at radius 2 is 1.65 bits per heavy atom. The Balaban J connectivity index is 2.64. The molecule has 1 heterocycles. The van der Waals surface area contributed by atoms with Crippen molar-refractivity contribution in [1.29, 1.82) is 0 Å². The highest BCUT2D eigenvalue weighted by atomic mass is 16.5. The second-order valence-corrected chi connectivity index (χ2v) is 9.27. The van der Waals surface area contributed by atoms with Gasteiger partial charge in [-0.05, 0) is 29.4 Å². The number of rotatable bonds is 3. The molecule has 1 aromatic carbocycles. The molecule has 0 saturated carbocycles. The smallest absolute Gasteiger partial charge is 0.308 e. The van der Waals surface area contributed by atoms with E-state index in [0.717, 1.165) is 48.5 Å². The van der Waals surface area contributed by atoms with Gasteiger partial charge in [-0.1, -0.05) is 41.5 Å². The van der Waals surface area contributed by atoms with Crippen molar-refractivity contribution < 1.29 is 19.0 Å². The largest absolute Gasteiger partial charge is 0.490 e. The highest BCUT2D eigenvalue weighted by Crippen LogP contribution is 2.45. The van der Waals surface area contributed by atoms with Crippen molar-refractivity contribution >= 4 is 5.97 Å². The fourth-order valence-corrected chi connectivity index (χ4v) is 3.54. The van der Waals surface area contributed by atoms with E-state index in [2.05, 4.69) is 54.5 Å². The fourth-order valence-electron chi connectivity index (χ4n) is 3.54. The molecule has 1 aliphatic rings. The molecule has 0 aliphatic carbocycles. The Morgan fingerprint density at radius 3 is 2.12 bits per heavy atom. The standard InChI is InChI=1S/C22H34O4/c1-14-18(26-16-9-11-24-12-10-16)13-17(21(3,4)5)20(25-15(2)23)19(14)22(6,7)8/h13,16H,9-12H2,1-8H3. The summed E-state index contributed by atoms with van der Waals surface area (Å²) in [4.78, 5) is 11.8. The summed E-state index contributed by atoms with van der Waals surface area (Å²) in [5, 5.41) is 0. The molecule has 0 aromatic heterocycles. The van der Waals surface area contributed by atoms with Crippen LogP contribution in [0.2, 0.25) is 0 Å². The molecule has 2 rings (SSSR count). The van der Waals surface area contributed by atoms with Gasteiger partial charge in [0.05, 0.1) is 13.2 Å². The normalized spacial score (nSPS) is 16.5.